The lowest BCUT2D eigenvalue weighted by atomic mass is 9.94. The molecule has 1 aromatic rings. The van der Waals surface area contributed by atoms with Crippen LogP contribution in [0.25, 0.3) is 0 Å². The van der Waals surface area contributed by atoms with E-state index in [1.807, 2.05) is 0 Å². The highest BCUT2D eigenvalue weighted by Gasteiger charge is 2.27. The third-order valence-corrected chi connectivity index (χ3v) is 5.66. The van der Waals surface area contributed by atoms with E-state index in [2.05, 4.69) is 0 Å². The molecule has 1 saturated carbocycles. The number of sulfonamides is 1. The Kier molecular flexibility index (Phi) is 4.73. The van der Waals surface area contributed by atoms with Gasteiger partial charge in [-0.15, -0.1) is 0 Å². The lowest BCUT2D eigenvalue weighted by molar-refractivity contribution is 0.0658. The van der Waals surface area contributed by atoms with Crippen molar-refractivity contribution in [3.05, 3.63) is 17.9 Å². The zero-order valence-electron chi connectivity index (χ0n) is 12.7. The van der Waals surface area contributed by atoms with Crippen LogP contribution in [0.15, 0.2) is 21.6 Å². The molecule has 0 aromatic carbocycles. The average Bonchev–Trinajstić information content (AvgIpc) is 2.97. The van der Waals surface area contributed by atoms with Crippen LogP contribution in [-0.4, -0.2) is 50.7 Å². The molecule has 2 rings (SSSR count). The smallest absolute Gasteiger partial charge is 0.289 e. The minimum Gasteiger partial charge on any atom is -0.438 e. The van der Waals surface area contributed by atoms with E-state index in [1.54, 1.807) is 11.9 Å². The number of carbonyl (C=O) groups excluding carboxylic acids is 1. The highest BCUT2D eigenvalue weighted by atomic mass is 32.2. The van der Waals surface area contributed by atoms with E-state index in [9.17, 15) is 13.2 Å². The van der Waals surface area contributed by atoms with Gasteiger partial charge in [-0.25, -0.2) is 12.7 Å². The van der Waals surface area contributed by atoms with Gasteiger partial charge in [0, 0.05) is 27.2 Å². The first kappa shape index (κ1) is 16.0. The highest BCUT2D eigenvalue weighted by molar-refractivity contribution is 7.88. The van der Waals surface area contributed by atoms with Crippen molar-refractivity contribution >= 4 is 15.9 Å². The molecule has 0 radical (unpaired) electrons. The number of furan rings is 1. The van der Waals surface area contributed by atoms with Gasteiger partial charge in [0.1, 0.15) is 0 Å². The number of amides is 1. The standard InChI is InChI=1S/C14H22N2O4S/c1-15(2)21(18,19)13-10-9-12(20-13)14(17)16(3)11-7-5-4-6-8-11/h9-11H,4-8H2,1-3H3. The number of hydrogen-bond acceptors (Lipinski definition) is 4. The van der Waals surface area contributed by atoms with Crippen LogP contribution in [0.1, 0.15) is 42.7 Å². The molecular weight excluding hydrogens is 292 g/mol. The second-order valence-corrected chi connectivity index (χ2v) is 7.70. The summed E-state index contributed by atoms with van der Waals surface area (Å²) >= 11 is 0. The summed E-state index contributed by atoms with van der Waals surface area (Å²) in [6.45, 7) is 0. The minimum atomic E-state index is -3.64. The second kappa shape index (κ2) is 6.19. The fourth-order valence-electron chi connectivity index (χ4n) is 2.56. The molecule has 0 unspecified atom stereocenters. The Balaban J connectivity index is 2.15. The minimum absolute atomic E-state index is 0.0727. The van der Waals surface area contributed by atoms with E-state index in [-0.39, 0.29) is 22.8 Å². The SMILES string of the molecule is CN(C(=O)c1ccc(S(=O)(=O)N(C)C)o1)C1CCCCC1. The van der Waals surface area contributed by atoms with Gasteiger partial charge in [0.05, 0.1) is 0 Å². The first-order valence-corrected chi connectivity index (χ1v) is 8.57. The van der Waals surface area contributed by atoms with Gasteiger partial charge in [-0.1, -0.05) is 19.3 Å². The number of nitrogens with zero attached hydrogens (tertiary/aromatic N) is 2. The van der Waals surface area contributed by atoms with Crippen LogP contribution in [0, 0.1) is 0 Å². The van der Waals surface area contributed by atoms with Gasteiger partial charge in [-0.05, 0) is 25.0 Å². The van der Waals surface area contributed by atoms with Gasteiger partial charge in [0.2, 0.25) is 5.09 Å². The number of carbonyl (C=O) groups is 1. The van der Waals surface area contributed by atoms with Crippen molar-refractivity contribution in [3.8, 4) is 0 Å². The van der Waals surface area contributed by atoms with E-state index in [0.717, 1.165) is 30.0 Å². The van der Waals surface area contributed by atoms with Gasteiger partial charge >= 0.3 is 0 Å². The summed E-state index contributed by atoms with van der Waals surface area (Å²) in [6.07, 6.45) is 5.45. The Morgan fingerprint density at radius 1 is 1.14 bits per heavy atom. The van der Waals surface area contributed by atoms with Crippen LogP contribution in [0.3, 0.4) is 0 Å². The molecule has 118 valence electrons. The predicted octanol–water partition coefficient (Wildman–Crippen LogP) is 1.93. The molecule has 6 nitrogen and oxygen atoms in total. The maximum absolute atomic E-state index is 12.4. The molecule has 0 aliphatic heterocycles. The van der Waals surface area contributed by atoms with Crippen molar-refractivity contribution < 1.29 is 17.6 Å². The Bertz CT molecular complexity index is 600. The normalized spacial score (nSPS) is 17.1. The van der Waals surface area contributed by atoms with E-state index in [1.165, 1.54) is 32.6 Å². The van der Waals surface area contributed by atoms with Gasteiger partial charge in [0.25, 0.3) is 15.9 Å². The highest BCUT2D eigenvalue weighted by Crippen LogP contribution is 2.24. The lowest BCUT2D eigenvalue weighted by Gasteiger charge is -2.30. The van der Waals surface area contributed by atoms with Crippen molar-refractivity contribution in [1.29, 1.82) is 0 Å². The topological polar surface area (TPSA) is 70.8 Å². The third-order valence-electron chi connectivity index (χ3n) is 3.97. The Morgan fingerprint density at radius 3 is 2.33 bits per heavy atom. The zero-order chi connectivity index (χ0) is 15.6. The Hall–Kier alpha value is -1.34. The molecule has 0 atom stereocenters. The third kappa shape index (κ3) is 3.29. The fraction of sp³-hybridized carbons (Fsp3) is 0.643. The van der Waals surface area contributed by atoms with Gasteiger partial charge < -0.3 is 9.32 Å². The molecule has 0 N–H and O–H groups in total. The predicted molar refractivity (Wildman–Crippen MR) is 78.5 cm³/mol. The van der Waals surface area contributed by atoms with E-state index in [0.29, 0.717) is 0 Å². The lowest BCUT2D eigenvalue weighted by Crippen LogP contribution is -2.38. The summed E-state index contributed by atoms with van der Waals surface area (Å²) in [5.74, 6) is -0.189. The molecule has 0 spiro atoms. The maximum atomic E-state index is 12.4. The maximum Gasteiger partial charge on any atom is 0.289 e. The molecule has 0 saturated heterocycles. The molecule has 0 bridgehead atoms. The first-order chi connectivity index (χ1) is 9.84. The molecule has 7 heteroatoms. The number of hydrogen-bond donors (Lipinski definition) is 0. The molecule has 1 aliphatic rings. The largest absolute Gasteiger partial charge is 0.438 e. The molecule has 1 fully saturated rings. The zero-order valence-corrected chi connectivity index (χ0v) is 13.5. The first-order valence-electron chi connectivity index (χ1n) is 7.13. The summed E-state index contributed by atoms with van der Waals surface area (Å²) < 4.78 is 30.2. The summed E-state index contributed by atoms with van der Waals surface area (Å²) in [4.78, 5) is 14.0. The summed E-state index contributed by atoms with van der Waals surface area (Å²) in [5.41, 5.74) is 0. The van der Waals surface area contributed by atoms with Crippen molar-refractivity contribution in [1.82, 2.24) is 9.21 Å². The fourth-order valence-corrected chi connectivity index (χ4v) is 3.36. The van der Waals surface area contributed by atoms with Crippen LogP contribution in [0.4, 0.5) is 0 Å². The molecule has 21 heavy (non-hydrogen) atoms. The van der Waals surface area contributed by atoms with Crippen LogP contribution in [0.5, 0.6) is 0 Å². The summed E-state index contributed by atoms with van der Waals surface area (Å²) in [5, 5.41) is -0.201. The molecule has 1 heterocycles. The van der Waals surface area contributed by atoms with Crippen LogP contribution < -0.4 is 0 Å². The second-order valence-electron chi connectivity index (χ2n) is 5.61. The molecular formula is C14H22N2O4S. The van der Waals surface area contributed by atoms with Crippen molar-refractivity contribution in [2.75, 3.05) is 21.1 Å². The van der Waals surface area contributed by atoms with Crippen LogP contribution in [0.2, 0.25) is 0 Å². The van der Waals surface area contributed by atoms with Crippen molar-refractivity contribution in [3.63, 3.8) is 0 Å². The van der Waals surface area contributed by atoms with Crippen LogP contribution in [-0.2, 0) is 10.0 Å². The molecule has 1 amide bonds. The van der Waals surface area contributed by atoms with Crippen molar-refractivity contribution in [2.45, 2.75) is 43.2 Å². The van der Waals surface area contributed by atoms with E-state index in [4.69, 9.17) is 4.42 Å². The molecule has 1 aromatic heterocycles. The average molecular weight is 314 g/mol. The quantitative estimate of drug-likeness (QED) is 0.851. The Labute approximate surface area is 125 Å². The van der Waals surface area contributed by atoms with Crippen molar-refractivity contribution in [2.24, 2.45) is 0 Å². The number of rotatable bonds is 4. The van der Waals surface area contributed by atoms with E-state index < -0.39 is 10.0 Å². The van der Waals surface area contributed by atoms with Gasteiger partial charge in [-0.2, -0.15) is 0 Å². The summed E-state index contributed by atoms with van der Waals surface area (Å²) in [7, 11) is 0.955. The summed E-state index contributed by atoms with van der Waals surface area (Å²) in [6, 6.07) is 2.97. The van der Waals surface area contributed by atoms with E-state index >= 15 is 0 Å². The van der Waals surface area contributed by atoms with Crippen LogP contribution >= 0.6 is 0 Å². The van der Waals surface area contributed by atoms with Gasteiger partial charge in [-0.3, -0.25) is 4.79 Å². The Morgan fingerprint density at radius 2 is 1.76 bits per heavy atom. The van der Waals surface area contributed by atoms with Gasteiger partial charge in [0.15, 0.2) is 5.76 Å². The molecule has 1 aliphatic carbocycles. The monoisotopic (exact) mass is 314 g/mol.